The fraction of sp³-hybridized carbons (Fsp3) is 0.537. The van der Waals surface area contributed by atoms with E-state index in [1.54, 1.807) is 25.7 Å². The van der Waals surface area contributed by atoms with Gasteiger partial charge >= 0.3 is 11.9 Å². The van der Waals surface area contributed by atoms with E-state index in [1.165, 1.54) is 24.0 Å². The van der Waals surface area contributed by atoms with Crippen LogP contribution in [0.2, 0.25) is 10.0 Å². The van der Waals surface area contributed by atoms with Crippen LogP contribution >= 0.6 is 23.2 Å². The molecule has 2 unspecified atom stereocenters. The Bertz CT molecular complexity index is 1920. The zero-order valence-electron chi connectivity index (χ0n) is 34.3. The number of nitrogens with one attached hydrogen (secondary N) is 4. The molecule has 4 aliphatic heterocycles. The van der Waals surface area contributed by atoms with Crippen molar-refractivity contribution in [3.63, 3.8) is 0 Å². The molecule has 5 N–H and O–H groups in total. The molecule has 4 heterocycles. The lowest BCUT2D eigenvalue weighted by molar-refractivity contribution is -0.165. The Hall–Kier alpha value is -5.17. The first-order chi connectivity index (χ1) is 29.1. The normalized spacial score (nSPS) is 24.2. The lowest BCUT2D eigenvalue weighted by Gasteiger charge is -2.29. The van der Waals surface area contributed by atoms with E-state index in [0.29, 0.717) is 45.6 Å². The van der Waals surface area contributed by atoms with Crippen LogP contribution in [0.4, 0.5) is 5.69 Å². The van der Waals surface area contributed by atoms with E-state index in [2.05, 4.69) is 21.3 Å². The highest BCUT2D eigenvalue weighted by Crippen LogP contribution is 2.33. The molecule has 0 aromatic heterocycles. The van der Waals surface area contributed by atoms with Crippen molar-refractivity contribution in [3.05, 3.63) is 58.1 Å². The van der Waals surface area contributed by atoms with Crippen LogP contribution in [0.1, 0.15) is 76.6 Å². The maximum Gasteiger partial charge on any atom is 0.310 e. The van der Waals surface area contributed by atoms with Crippen LogP contribution in [0, 0.1) is 0 Å². The van der Waals surface area contributed by atoms with Crippen LogP contribution < -0.4 is 21.3 Å². The van der Waals surface area contributed by atoms with Gasteiger partial charge in [0.2, 0.25) is 36.2 Å². The van der Waals surface area contributed by atoms with Gasteiger partial charge in [-0.3, -0.25) is 33.6 Å². The Morgan fingerprint density at radius 2 is 1.23 bits per heavy atom. The highest BCUT2D eigenvalue weighted by molar-refractivity contribution is 6.37. The van der Waals surface area contributed by atoms with Gasteiger partial charge in [-0.25, -0.2) is 0 Å². The number of hydrogen-bond acceptors (Lipinski definition) is 13. The van der Waals surface area contributed by atoms with Crippen LogP contribution in [-0.4, -0.2) is 132 Å². The number of benzene rings is 2. The first-order valence-corrected chi connectivity index (χ1v) is 21.0. The molecule has 2 aromatic rings. The predicted molar refractivity (Wildman–Crippen MR) is 220 cm³/mol. The molecule has 0 spiro atoms. The third-order valence-corrected chi connectivity index (χ3v) is 11.0. The Kier molecular flexibility index (Phi) is 16.6. The highest BCUT2D eigenvalue weighted by atomic mass is 35.5. The van der Waals surface area contributed by atoms with Crippen LogP contribution in [0.3, 0.4) is 0 Å². The molecule has 0 bridgehead atoms. The van der Waals surface area contributed by atoms with Gasteiger partial charge in [0.1, 0.15) is 36.3 Å². The van der Waals surface area contributed by atoms with Crippen molar-refractivity contribution in [2.24, 2.45) is 0 Å². The number of ether oxygens (including phenoxy) is 4. The molecule has 0 saturated carbocycles. The zero-order chi connectivity index (χ0) is 44.4. The van der Waals surface area contributed by atoms with Gasteiger partial charge in [0.15, 0.2) is 5.75 Å². The first kappa shape index (κ1) is 46.9. The summed E-state index contributed by atoms with van der Waals surface area (Å²) >= 11 is 11.7. The number of likely N-dealkylation sites (tertiary alicyclic amines) is 2. The van der Waals surface area contributed by atoms with Gasteiger partial charge in [0.05, 0.1) is 22.9 Å². The van der Waals surface area contributed by atoms with Crippen LogP contribution in [0.15, 0.2) is 42.5 Å². The minimum atomic E-state index is -0.940. The molecule has 20 heteroatoms. The zero-order valence-corrected chi connectivity index (χ0v) is 35.8. The summed E-state index contributed by atoms with van der Waals surface area (Å²) in [5.41, 5.74) is 0.927. The van der Waals surface area contributed by atoms with Crippen LogP contribution in [-0.2, 0) is 47.7 Å². The van der Waals surface area contributed by atoms with Gasteiger partial charge in [0, 0.05) is 37.6 Å². The number of halogens is 2. The largest absolute Gasteiger partial charge is 0.505 e. The quantitative estimate of drug-likeness (QED) is 0.172. The maximum absolute atomic E-state index is 13.0. The van der Waals surface area contributed by atoms with Gasteiger partial charge in [-0.2, -0.15) is 0 Å². The predicted octanol–water partition coefficient (Wildman–Crippen LogP) is 2.87. The van der Waals surface area contributed by atoms with Crippen LogP contribution in [0.5, 0.6) is 5.75 Å². The molecule has 5 amide bonds. The summed E-state index contributed by atoms with van der Waals surface area (Å²) in [6.07, 6.45) is 0.840. The van der Waals surface area contributed by atoms with E-state index in [9.17, 15) is 38.7 Å². The molecule has 6 rings (SSSR count). The van der Waals surface area contributed by atoms with E-state index in [4.69, 9.17) is 42.1 Å². The van der Waals surface area contributed by atoms with E-state index in [0.717, 1.165) is 12.1 Å². The number of rotatable bonds is 14. The van der Waals surface area contributed by atoms with Crippen molar-refractivity contribution in [1.82, 2.24) is 25.8 Å². The lowest BCUT2D eigenvalue weighted by Crippen LogP contribution is -2.54. The molecule has 332 valence electrons. The molecule has 4 saturated heterocycles. The fourth-order valence-corrected chi connectivity index (χ4v) is 7.97. The summed E-state index contributed by atoms with van der Waals surface area (Å²) in [5, 5.41) is 20.8. The number of carbonyl (C=O) groups excluding carboxylic acids is 7. The van der Waals surface area contributed by atoms with Gasteiger partial charge in [-0.05, 0) is 77.6 Å². The molecule has 4 aliphatic rings. The summed E-state index contributed by atoms with van der Waals surface area (Å²) < 4.78 is 20.9. The van der Waals surface area contributed by atoms with Gasteiger partial charge < -0.3 is 55.1 Å². The monoisotopic (exact) mass is 890 g/mol. The highest BCUT2D eigenvalue weighted by Gasteiger charge is 2.43. The minimum Gasteiger partial charge on any atom is -0.505 e. The number of hydrogen-bond donors (Lipinski definition) is 5. The smallest absolute Gasteiger partial charge is 0.310 e. The van der Waals surface area contributed by atoms with Gasteiger partial charge in [-0.15, -0.1) is 0 Å². The average molecular weight is 892 g/mol. The summed E-state index contributed by atoms with van der Waals surface area (Å²) in [4.78, 5) is 90.3. The second kappa shape index (κ2) is 21.6. The minimum absolute atomic E-state index is 0.0126. The molecule has 18 nitrogen and oxygen atoms in total. The summed E-state index contributed by atoms with van der Waals surface area (Å²) in [5.74, 6) is -3.06. The number of aromatic hydroxyl groups is 1. The Balaban J connectivity index is 0.000000234. The molecule has 4 fully saturated rings. The second-order valence-corrected chi connectivity index (χ2v) is 15.7. The van der Waals surface area contributed by atoms with Crippen LogP contribution in [0.25, 0.3) is 0 Å². The molecular weight excluding hydrogens is 839 g/mol. The number of phenols is 1. The number of phenolic OH excluding ortho intramolecular Hbond substituents is 1. The number of amides is 5. The lowest BCUT2D eigenvalue weighted by atomic mass is 10.1. The molecule has 2 aromatic carbocycles. The first-order valence-electron chi connectivity index (χ1n) is 20.3. The van der Waals surface area contributed by atoms with Gasteiger partial charge in [-0.1, -0.05) is 41.4 Å². The van der Waals surface area contributed by atoms with Crippen molar-refractivity contribution in [1.29, 1.82) is 0 Å². The van der Waals surface area contributed by atoms with E-state index >= 15 is 0 Å². The average Bonchev–Trinajstić information content (AvgIpc) is 4.05. The number of esters is 2. The number of para-hydroxylation sites is 1. The van der Waals surface area contributed by atoms with Crippen molar-refractivity contribution in [2.75, 3.05) is 31.6 Å². The SMILES string of the molecule is CCOC1OC(=O)C[C@@H]1NC(=O)[C@@H]1CCCN1C(=O)[C@H](C)NC(=O)c1cc(Cl)c(O)c(Cl)c1.CCOC1OC(=O)C[C@@H]1NC(=O)[C@@H]1CCCN1C(=O)[C@H](C)Nc1ccccc1. The Labute approximate surface area is 363 Å². The Morgan fingerprint density at radius 3 is 1.69 bits per heavy atom. The van der Waals surface area contributed by atoms with Crippen molar-refractivity contribution in [2.45, 2.75) is 115 Å². The topological polar surface area (TPSA) is 231 Å². The van der Waals surface area contributed by atoms with E-state index < -0.39 is 78.5 Å². The van der Waals surface area contributed by atoms with E-state index in [-0.39, 0.29) is 46.0 Å². The van der Waals surface area contributed by atoms with Crippen molar-refractivity contribution >= 4 is 70.4 Å². The fourth-order valence-electron chi connectivity index (χ4n) is 7.48. The van der Waals surface area contributed by atoms with Crippen molar-refractivity contribution in [3.8, 4) is 5.75 Å². The van der Waals surface area contributed by atoms with Crippen molar-refractivity contribution < 1.29 is 57.6 Å². The number of carbonyl (C=O) groups is 7. The summed E-state index contributed by atoms with van der Waals surface area (Å²) in [7, 11) is 0. The number of nitrogens with zero attached hydrogens (tertiary/aromatic N) is 2. The van der Waals surface area contributed by atoms with E-state index in [1.807, 2.05) is 30.3 Å². The summed E-state index contributed by atoms with van der Waals surface area (Å²) in [6, 6.07) is 8.10. The standard InChI is InChI=1S/C21H25Cl2N3O7.C20H27N3O5/c1-3-32-21-14(9-16(27)33-21)25-19(30)15-5-4-6-26(15)20(31)10(2)24-18(29)11-7-12(22)17(28)13(23)8-11;1-3-27-20-15(12-17(24)28-20)22-18(25)16-10-7-11-23(16)19(26)13(2)21-14-8-5-4-6-9-14/h7-8,10,14-15,21,28H,3-6,9H2,1-2H3,(H,24,29)(H,25,30);4-6,8-9,13,15-16,20-21H,3,7,10-12H2,1-2H3,(H,22,25)/t10-,14-,15-,21?;13-,15-,16-,20?/m00/s1. The molecule has 0 aliphatic carbocycles. The number of cyclic esters (lactones) is 2. The Morgan fingerprint density at radius 1 is 0.770 bits per heavy atom. The third kappa shape index (κ3) is 12.0. The molecule has 61 heavy (non-hydrogen) atoms. The molecule has 0 radical (unpaired) electrons. The molecular formula is C41H52Cl2N6O12. The number of anilines is 1. The van der Waals surface area contributed by atoms with Gasteiger partial charge in [0.25, 0.3) is 5.91 Å². The molecule has 8 atom stereocenters. The second-order valence-electron chi connectivity index (χ2n) is 14.9. The summed E-state index contributed by atoms with van der Waals surface area (Å²) in [6.45, 7) is 8.41. The third-order valence-electron chi connectivity index (χ3n) is 10.4. The maximum atomic E-state index is 13.0.